The molecule has 1 amide bonds. The lowest BCUT2D eigenvalue weighted by Gasteiger charge is -2.34. The largest absolute Gasteiger partial charge is 0.339 e. The Labute approximate surface area is 169 Å². The zero-order valence-electron chi connectivity index (χ0n) is 15.9. The number of halogens is 1. The fourth-order valence-corrected chi connectivity index (χ4v) is 5.67. The van der Waals surface area contributed by atoms with Gasteiger partial charge < -0.3 is 4.90 Å². The Hall–Kier alpha value is -1.90. The molecule has 5 nitrogen and oxygen atoms in total. The summed E-state index contributed by atoms with van der Waals surface area (Å²) < 4.78 is 40.9. The van der Waals surface area contributed by atoms with Crippen LogP contribution >= 0.6 is 11.8 Å². The number of rotatable bonds is 5. The van der Waals surface area contributed by atoms with Crippen LogP contribution in [0.2, 0.25) is 0 Å². The zero-order chi connectivity index (χ0) is 20.3. The van der Waals surface area contributed by atoms with Crippen LogP contribution in [0.4, 0.5) is 4.39 Å². The number of thioether (sulfide) groups is 1. The first-order valence-electron chi connectivity index (χ1n) is 9.01. The van der Waals surface area contributed by atoms with E-state index in [1.54, 1.807) is 42.2 Å². The lowest BCUT2D eigenvalue weighted by Crippen LogP contribution is -2.51. The number of benzene rings is 2. The van der Waals surface area contributed by atoms with Crippen molar-refractivity contribution < 1.29 is 17.6 Å². The lowest BCUT2D eigenvalue weighted by atomic mass is 10.2. The van der Waals surface area contributed by atoms with E-state index in [4.69, 9.17) is 0 Å². The molecule has 0 spiro atoms. The second-order valence-electron chi connectivity index (χ2n) is 6.77. The Bertz CT molecular complexity index is 971. The van der Waals surface area contributed by atoms with Crippen LogP contribution in [0, 0.1) is 19.7 Å². The molecule has 8 heteroatoms. The third-order valence-corrected chi connectivity index (χ3v) is 7.82. The van der Waals surface area contributed by atoms with Crippen LogP contribution < -0.4 is 0 Å². The molecule has 28 heavy (non-hydrogen) atoms. The van der Waals surface area contributed by atoms with Crippen LogP contribution in [0.5, 0.6) is 0 Å². The van der Waals surface area contributed by atoms with Crippen molar-refractivity contribution in [3.8, 4) is 0 Å². The Morgan fingerprint density at radius 2 is 1.75 bits per heavy atom. The summed E-state index contributed by atoms with van der Waals surface area (Å²) in [5.41, 5.74) is 1.74. The number of hydrogen-bond donors (Lipinski definition) is 0. The molecule has 0 radical (unpaired) electrons. The van der Waals surface area contributed by atoms with Crippen LogP contribution in [-0.2, 0) is 14.8 Å². The van der Waals surface area contributed by atoms with Gasteiger partial charge >= 0.3 is 0 Å². The van der Waals surface area contributed by atoms with E-state index in [0.29, 0.717) is 22.9 Å². The van der Waals surface area contributed by atoms with E-state index in [1.165, 1.54) is 10.4 Å². The number of sulfonamides is 1. The molecule has 150 valence electrons. The minimum atomic E-state index is -3.58. The minimum absolute atomic E-state index is 0.114. The second-order valence-corrected chi connectivity index (χ2v) is 9.70. The summed E-state index contributed by atoms with van der Waals surface area (Å²) in [5.74, 6) is -0.327. The van der Waals surface area contributed by atoms with Crippen molar-refractivity contribution in [1.82, 2.24) is 9.21 Å². The van der Waals surface area contributed by atoms with E-state index in [1.807, 2.05) is 13.0 Å². The topological polar surface area (TPSA) is 57.7 Å². The molecule has 0 aliphatic carbocycles. The van der Waals surface area contributed by atoms with Gasteiger partial charge in [-0.2, -0.15) is 4.31 Å². The van der Waals surface area contributed by atoms with Gasteiger partial charge in [0.15, 0.2) is 0 Å². The van der Waals surface area contributed by atoms with Crippen LogP contribution in [0.3, 0.4) is 0 Å². The summed E-state index contributed by atoms with van der Waals surface area (Å²) >= 11 is 1.16. The van der Waals surface area contributed by atoms with Crippen LogP contribution in [-0.4, -0.2) is 55.5 Å². The highest BCUT2D eigenvalue weighted by Gasteiger charge is 2.31. The van der Waals surface area contributed by atoms with Crippen molar-refractivity contribution in [3.05, 3.63) is 59.4 Å². The molecule has 1 heterocycles. The van der Waals surface area contributed by atoms with Gasteiger partial charge in [-0.1, -0.05) is 29.8 Å². The van der Waals surface area contributed by atoms with Crippen molar-refractivity contribution in [2.24, 2.45) is 0 Å². The molecule has 1 saturated heterocycles. The summed E-state index contributed by atoms with van der Waals surface area (Å²) in [6.45, 7) is 4.89. The third kappa shape index (κ3) is 4.56. The van der Waals surface area contributed by atoms with Gasteiger partial charge in [-0.15, -0.1) is 11.8 Å². The molecule has 1 fully saturated rings. The Morgan fingerprint density at radius 3 is 2.39 bits per heavy atom. The summed E-state index contributed by atoms with van der Waals surface area (Å²) in [5, 5.41) is 0. The molecular weight excluding hydrogens is 399 g/mol. The number of carbonyl (C=O) groups is 1. The summed E-state index contributed by atoms with van der Waals surface area (Å²) in [6, 6.07) is 11.6. The van der Waals surface area contributed by atoms with Gasteiger partial charge in [-0.3, -0.25) is 4.79 Å². The standard InChI is InChI=1S/C20H23FN2O3S2/c1-15-7-8-19(16(2)13-15)28(25,26)23-11-9-22(10-12-23)20(24)14-27-18-6-4-3-5-17(18)21/h3-8,13H,9-12,14H2,1-2H3. The maximum atomic E-state index is 13.7. The molecule has 0 bridgehead atoms. The first kappa shape index (κ1) is 20.8. The predicted molar refractivity (Wildman–Crippen MR) is 108 cm³/mol. The molecule has 0 atom stereocenters. The van der Waals surface area contributed by atoms with Gasteiger partial charge in [0, 0.05) is 31.1 Å². The van der Waals surface area contributed by atoms with Gasteiger partial charge in [-0.05, 0) is 37.6 Å². The highest BCUT2D eigenvalue weighted by Crippen LogP contribution is 2.24. The monoisotopic (exact) mass is 422 g/mol. The predicted octanol–water partition coefficient (Wildman–Crippen LogP) is 3.07. The van der Waals surface area contributed by atoms with E-state index in [2.05, 4.69) is 0 Å². The van der Waals surface area contributed by atoms with Gasteiger partial charge in [0.1, 0.15) is 5.82 Å². The number of amides is 1. The highest BCUT2D eigenvalue weighted by atomic mass is 32.2. The highest BCUT2D eigenvalue weighted by molar-refractivity contribution is 8.00. The van der Waals surface area contributed by atoms with E-state index in [-0.39, 0.29) is 30.6 Å². The fraction of sp³-hybridized carbons (Fsp3) is 0.350. The maximum Gasteiger partial charge on any atom is 0.243 e. The smallest absolute Gasteiger partial charge is 0.243 e. The quantitative estimate of drug-likeness (QED) is 0.695. The normalized spacial score (nSPS) is 15.6. The van der Waals surface area contributed by atoms with Crippen molar-refractivity contribution in [2.45, 2.75) is 23.6 Å². The van der Waals surface area contributed by atoms with Gasteiger partial charge in [0.05, 0.1) is 10.6 Å². The summed E-state index contributed by atoms with van der Waals surface area (Å²) in [6.07, 6.45) is 0. The number of piperazine rings is 1. The van der Waals surface area contributed by atoms with Crippen LogP contribution in [0.25, 0.3) is 0 Å². The minimum Gasteiger partial charge on any atom is -0.339 e. The first-order chi connectivity index (χ1) is 13.3. The Balaban J connectivity index is 1.59. The zero-order valence-corrected chi connectivity index (χ0v) is 17.5. The average Bonchev–Trinajstić information content (AvgIpc) is 2.67. The third-order valence-electron chi connectivity index (χ3n) is 4.73. The lowest BCUT2D eigenvalue weighted by molar-refractivity contribution is -0.129. The molecular formula is C20H23FN2O3S2. The second kappa shape index (κ2) is 8.63. The molecule has 2 aromatic rings. The number of hydrogen-bond acceptors (Lipinski definition) is 4. The number of nitrogens with zero attached hydrogens (tertiary/aromatic N) is 2. The number of aryl methyl sites for hydroxylation is 2. The Morgan fingerprint density at radius 1 is 1.07 bits per heavy atom. The molecule has 0 N–H and O–H groups in total. The summed E-state index contributed by atoms with van der Waals surface area (Å²) in [4.78, 5) is 14.8. The molecule has 0 aromatic heterocycles. The number of carbonyl (C=O) groups excluding carboxylic acids is 1. The van der Waals surface area contributed by atoms with Crippen molar-refractivity contribution >= 4 is 27.7 Å². The van der Waals surface area contributed by atoms with Crippen molar-refractivity contribution in [3.63, 3.8) is 0 Å². The summed E-state index contributed by atoms with van der Waals surface area (Å²) in [7, 11) is -3.58. The first-order valence-corrected chi connectivity index (χ1v) is 11.4. The molecule has 1 aliphatic rings. The average molecular weight is 423 g/mol. The van der Waals surface area contributed by atoms with Gasteiger partial charge in [0.25, 0.3) is 0 Å². The van der Waals surface area contributed by atoms with Gasteiger partial charge in [-0.25, -0.2) is 12.8 Å². The molecule has 1 aliphatic heterocycles. The molecule has 0 saturated carbocycles. The molecule has 3 rings (SSSR count). The van der Waals surface area contributed by atoms with Crippen LogP contribution in [0.1, 0.15) is 11.1 Å². The fourth-order valence-electron chi connectivity index (χ4n) is 3.20. The SMILES string of the molecule is Cc1ccc(S(=O)(=O)N2CCN(C(=O)CSc3ccccc3F)CC2)c(C)c1. The van der Waals surface area contributed by atoms with Crippen molar-refractivity contribution in [2.75, 3.05) is 31.9 Å². The van der Waals surface area contributed by atoms with E-state index in [9.17, 15) is 17.6 Å². The van der Waals surface area contributed by atoms with E-state index < -0.39 is 10.0 Å². The van der Waals surface area contributed by atoms with E-state index in [0.717, 1.165) is 22.9 Å². The van der Waals surface area contributed by atoms with Crippen molar-refractivity contribution in [1.29, 1.82) is 0 Å². The molecule has 2 aromatic carbocycles. The van der Waals surface area contributed by atoms with Gasteiger partial charge in [0.2, 0.25) is 15.9 Å². The Kier molecular flexibility index (Phi) is 6.42. The van der Waals surface area contributed by atoms with Crippen LogP contribution in [0.15, 0.2) is 52.3 Å². The molecule has 0 unspecified atom stereocenters. The van der Waals surface area contributed by atoms with E-state index >= 15 is 0 Å². The maximum absolute atomic E-state index is 13.7.